The van der Waals surface area contributed by atoms with Crippen molar-refractivity contribution in [2.24, 2.45) is 0 Å². The number of benzene rings is 4. The molecule has 0 aliphatic heterocycles. The van der Waals surface area contributed by atoms with Gasteiger partial charge in [-0.25, -0.2) is 0 Å². The molecule has 0 unspecified atom stereocenters. The predicted octanol–water partition coefficient (Wildman–Crippen LogP) is 6.61. The van der Waals surface area contributed by atoms with Crippen molar-refractivity contribution in [2.75, 3.05) is 0 Å². The Hall–Kier alpha value is -3.69. The number of unbranched alkanes of at least 4 members (excludes halogenated alkanes) is 1. The molecular weight excluding hydrogens is 432 g/mol. The number of carbonyl (C=O) groups is 1. The lowest BCUT2D eigenvalue weighted by atomic mass is 10.1. The van der Waals surface area contributed by atoms with Crippen molar-refractivity contribution in [2.45, 2.75) is 25.8 Å². The molecule has 0 fully saturated rings. The number of carbonyl (C=O) groups excluding carboxylic acids is 1. The van der Waals surface area contributed by atoms with E-state index in [0.29, 0.717) is 5.56 Å². The molecule has 0 saturated carbocycles. The predicted molar refractivity (Wildman–Crippen MR) is 145 cm³/mol. The molecule has 4 rings (SSSR count). The minimum Gasteiger partial charge on any atom is -0.534 e. The topological polar surface area (TPSA) is 26.3 Å². The van der Waals surface area contributed by atoms with Crippen LogP contribution < -0.4 is 14.8 Å². The number of aldehydes is 1. The molecule has 0 aromatic heterocycles. The lowest BCUT2D eigenvalue weighted by Crippen LogP contribution is -2.63. The van der Waals surface area contributed by atoms with Crippen LogP contribution in [0.25, 0.3) is 12.2 Å². The average Bonchev–Trinajstić information content (AvgIpc) is 2.91. The van der Waals surface area contributed by atoms with Crippen molar-refractivity contribution >= 4 is 37.1 Å². The Bertz CT molecular complexity index is 1180. The zero-order valence-electron chi connectivity index (χ0n) is 19.6. The third-order valence-electron chi connectivity index (χ3n) is 6.12. The Labute approximate surface area is 203 Å². The molecule has 0 heterocycles. The van der Waals surface area contributed by atoms with E-state index in [-0.39, 0.29) is 0 Å². The summed E-state index contributed by atoms with van der Waals surface area (Å²) in [6.45, 7) is 2.22. The Morgan fingerprint density at radius 3 is 1.85 bits per heavy atom. The van der Waals surface area contributed by atoms with Crippen molar-refractivity contribution < 1.29 is 9.22 Å². The van der Waals surface area contributed by atoms with E-state index in [4.69, 9.17) is 4.43 Å². The van der Waals surface area contributed by atoms with Crippen LogP contribution in [-0.2, 0) is 0 Å². The van der Waals surface area contributed by atoms with Gasteiger partial charge in [-0.15, -0.1) is 0 Å². The van der Waals surface area contributed by atoms with E-state index in [1.54, 1.807) is 0 Å². The standard InChI is InChI=1S/C31H30O2Si/c1-2-3-24-34(28-17-9-5-10-18-28,29-19-11-6-12-20-29)33-31-21-13-16-27(25-32)30(31)23-22-26-14-7-4-8-15-26/h4-23,25H,2-3,24H2,1H3. The van der Waals surface area contributed by atoms with Gasteiger partial charge >= 0.3 is 8.32 Å². The van der Waals surface area contributed by atoms with Gasteiger partial charge in [-0.3, -0.25) is 4.79 Å². The van der Waals surface area contributed by atoms with Gasteiger partial charge in [0.2, 0.25) is 0 Å². The quantitative estimate of drug-likeness (QED) is 0.151. The van der Waals surface area contributed by atoms with E-state index >= 15 is 0 Å². The molecule has 0 bridgehead atoms. The molecule has 4 aromatic carbocycles. The number of hydrogen-bond acceptors (Lipinski definition) is 2. The summed E-state index contributed by atoms with van der Waals surface area (Å²) in [6.07, 6.45) is 7.11. The van der Waals surface area contributed by atoms with E-state index in [9.17, 15) is 4.79 Å². The highest BCUT2D eigenvalue weighted by Crippen LogP contribution is 2.29. The highest BCUT2D eigenvalue weighted by molar-refractivity contribution is 6.98. The van der Waals surface area contributed by atoms with Crippen molar-refractivity contribution in [3.8, 4) is 5.75 Å². The van der Waals surface area contributed by atoms with Gasteiger partial charge in [0.1, 0.15) is 5.75 Å². The van der Waals surface area contributed by atoms with Gasteiger partial charge in [0.05, 0.1) is 0 Å². The zero-order valence-corrected chi connectivity index (χ0v) is 20.6. The van der Waals surface area contributed by atoms with Crippen molar-refractivity contribution in [3.05, 3.63) is 126 Å². The van der Waals surface area contributed by atoms with E-state index < -0.39 is 8.32 Å². The summed E-state index contributed by atoms with van der Waals surface area (Å²) in [5.74, 6) is 0.757. The van der Waals surface area contributed by atoms with Crippen molar-refractivity contribution in [3.63, 3.8) is 0 Å². The first-order valence-corrected chi connectivity index (χ1v) is 14.0. The maximum absolute atomic E-state index is 12.0. The molecule has 0 saturated heterocycles. The van der Waals surface area contributed by atoms with E-state index in [0.717, 1.165) is 42.0 Å². The summed E-state index contributed by atoms with van der Waals surface area (Å²) in [4.78, 5) is 12.0. The summed E-state index contributed by atoms with van der Waals surface area (Å²) in [5, 5.41) is 2.48. The Balaban J connectivity index is 1.86. The van der Waals surface area contributed by atoms with E-state index in [2.05, 4.69) is 79.7 Å². The van der Waals surface area contributed by atoms with Gasteiger partial charge in [-0.05, 0) is 34.1 Å². The van der Waals surface area contributed by atoms with Crippen LogP contribution in [0.4, 0.5) is 0 Å². The molecule has 0 radical (unpaired) electrons. The largest absolute Gasteiger partial charge is 0.534 e. The summed E-state index contributed by atoms with van der Waals surface area (Å²) < 4.78 is 7.17. The van der Waals surface area contributed by atoms with Gasteiger partial charge in [0, 0.05) is 11.1 Å². The van der Waals surface area contributed by atoms with Crippen LogP contribution in [0, 0.1) is 0 Å². The normalized spacial score (nSPS) is 11.4. The second-order valence-corrected chi connectivity index (χ2v) is 11.9. The molecular formula is C31H30O2Si. The summed E-state index contributed by atoms with van der Waals surface area (Å²) in [7, 11) is -2.63. The first kappa shape index (κ1) is 23.5. The minimum absolute atomic E-state index is 0.629. The van der Waals surface area contributed by atoms with Crippen LogP contribution in [0.15, 0.2) is 109 Å². The SMILES string of the molecule is CCCC[Si](Oc1cccc(C=O)c1C=Cc1ccccc1)(c1ccccc1)c1ccccc1. The van der Waals surface area contributed by atoms with Crippen molar-refractivity contribution in [1.29, 1.82) is 0 Å². The van der Waals surface area contributed by atoms with E-state index in [1.807, 2.05) is 48.6 Å². The fraction of sp³-hybridized carbons (Fsp3) is 0.129. The van der Waals surface area contributed by atoms with E-state index in [1.165, 1.54) is 10.4 Å². The van der Waals surface area contributed by atoms with Crippen LogP contribution in [0.2, 0.25) is 6.04 Å². The molecule has 0 aliphatic rings. The lowest BCUT2D eigenvalue weighted by Gasteiger charge is -2.34. The lowest BCUT2D eigenvalue weighted by molar-refractivity contribution is 0.112. The van der Waals surface area contributed by atoms with Crippen LogP contribution in [0.1, 0.15) is 41.3 Å². The molecule has 0 amide bonds. The molecule has 0 spiro atoms. The highest BCUT2D eigenvalue weighted by Gasteiger charge is 2.41. The Morgan fingerprint density at radius 2 is 1.29 bits per heavy atom. The summed E-state index contributed by atoms with van der Waals surface area (Å²) >= 11 is 0. The molecule has 0 atom stereocenters. The van der Waals surface area contributed by atoms with Gasteiger partial charge in [-0.2, -0.15) is 0 Å². The van der Waals surface area contributed by atoms with Gasteiger partial charge in [0.15, 0.2) is 6.29 Å². The monoisotopic (exact) mass is 462 g/mol. The van der Waals surface area contributed by atoms with Gasteiger partial charge < -0.3 is 4.43 Å². The molecule has 0 N–H and O–H groups in total. The molecule has 34 heavy (non-hydrogen) atoms. The fourth-order valence-electron chi connectivity index (χ4n) is 4.33. The second kappa shape index (κ2) is 11.4. The van der Waals surface area contributed by atoms with Gasteiger partial charge in [0.25, 0.3) is 0 Å². The molecule has 170 valence electrons. The maximum Gasteiger partial charge on any atom is 0.314 e. The minimum atomic E-state index is -2.63. The smallest absolute Gasteiger partial charge is 0.314 e. The molecule has 0 aliphatic carbocycles. The van der Waals surface area contributed by atoms with Crippen LogP contribution in [0.3, 0.4) is 0 Å². The van der Waals surface area contributed by atoms with Crippen molar-refractivity contribution in [1.82, 2.24) is 0 Å². The molecule has 2 nitrogen and oxygen atoms in total. The maximum atomic E-state index is 12.0. The zero-order chi connectivity index (χ0) is 23.6. The first-order valence-electron chi connectivity index (χ1n) is 11.9. The number of hydrogen-bond donors (Lipinski definition) is 0. The molecule has 3 heteroatoms. The van der Waals surface area contributed by atoms with Crippen LogP contribution >= 0.6 is 0 Å². The first-order chi connectivity index (χ1) is 16.8. The Morgan fingerprint density at radius 1 is 0.706 bits per heavy atom. The third-order valence-corrected chi connectivity index (χ3v) is 10.3. The third kappa shape index (κ3) is 5.27. The molecule has 4 aromatic rings. The summed E-state index contributed by atoms with van der Waals surface area (Å²) in [5.41, 5.74) is 2.53. The number of rotatable bonds is 10. The van der Waals surface area contributed by atoms with Crippen LogP contribution in [0.5, 0.6) is 5.75 Å². The summed E-state index contributed by atoms with van der Waals surface area (Å²) in [6, 6.07) is 38.1. The second-order valence-electron chi connectivity index (χ2n) is 8.39. The fourth-order valence-corrected chi connectivity index (χ4v) is 8.44. The van der Waals surface area contributed by atoms with Gasteiger partial charge in [-0.1, -0.05) is 129 Å². The Kier molecular flexibility index (Phi) is 7.90. The highest BCUT2D eigenvalue weighted by atomic mass is 28.4. The van der Waals surface area contributed by atoms with Crippen LogP contribution in [-0.4, -0.2) is 14.6 Å². The average molecular weight is 463 g/mol.